The van der Waals surface area contributed by atoms with Gasteiger partial charge in [0.1, 0.15) is 5.75 Å². The average molecular weight is 203 g/mol. The van der Waals surface area contributed by atoms with Crippen molar-refractivity contribution >= 4 is 5.91 Å². The number of carbonyl (C=O) groups is 1. The van der Waals surface area contributed by atoms with Gasteiger partial charge < -0.3 is 10.1 Å². The van der Waals surface area contributed by atoms with Gasteiger partial charge in [0.15, 0.2) is 0 Å². The molecular weight excluding hydrogens is 190 g/mol. The summed E-state index contributed by atoms with van der Waals surface area (Å²) >= 11 is 0. The molecule has 0 spiro atoms. The Kier molecular flexibility index (Phi) is 1.48. The number of hydrogen-bond donors (Lipinski definition) is 1. The molecule has 3 heteroatoms. The normalized spacial score (nSPS) is 31.9. The summed E-state index contributed by atoms with van der Waals surface area (Å²) in [6, 6.07) is 5.80. The fourth-order valence-corrected chi connectivity index (χ4v) is 2.50. The Morgan fingerprint density at radius 1 is 1.53 bits per heavy atom. The van der Waals surface area contributed by atoms with Crippen molar-refractivity contribution in [3.05, 3.63) is 29.3 Å². The van der Waals surface area contributed by atoms with Crippen molar-refractivity contribution in [2.75, 3.05) is 6.61 Å². The maximum Gasteiger partial charge on any atom is 0.251 e. The second-order valence-corrected chi connectivity index (χ2v) is 4.58. The zero-order valence-electron chi connectivity index (χ0n) is 8.83. The molecule has 15 heavy (non-hydrogen) atoms. The third-order valence-corrected chi connectivity index (χ3v) is 3.67. The first kappa shape index (κ1) is 8.77. The van der Waals surface area contributed by atoms with Gasteiger partial charge in [-0.15, -0.1) is 0 Å². The largest absolute Gasteiger partial charge is 0.492 e. The first-order chi connectivity index (χ1) is 7.13. The van der Waals surface area contributed by atoms with Crippen molar-refractivity contribution in [1.29, 1.82) is 0 Å². The van der Waals surface area contributed by atoms with Gasteiger partial charge in [0.25, 0.3) is 5.91 Å². The minimum absolute atomic E-state index is 0.0160. The van der Waals surface area contributed by atoms with Crippen molar-refractivity contribution in [2.24, 2.45) is 0 Å². The molecule has 78 valence electrons. The smallest absolute Gasteiger partial charge is 0.251 e. The fraction of sp³-hybridized carbons (Fsp3) is 0.417. The van der Waals surface area contributed by atoms with Crippen LogP contribution in [-0.4, -0.2) is 18.6 Å². The molecule has 0 saturated carbocycles. The average Bonchev–Trinajstić information content (AvgIpc) is 2.57. The van der Waals surface area contributed by atoms with Crippen LogP contribution in [0.5, 0.6) is 5.75 Å². The van der Waals surface area contributed by atoms with Crippen LogP contribution in [0.15, 0.2) is 18.2 Å². The second-order valence-electron chi connectivity index (χ2n) is 4.58. The Balaban J connectivity index is 2.32. The van der Waals surface area contributed by atoms with E-state index in [1.54, 1.807) is 0 Å². The molecule has 2 aliphatic heterocycles. The van der Waals surface area contributed by atoms with Crippen LogP contribution in [-0.2, 0) is 5.41 Å². The molecule has 1 aromatic rings. The van der Waals surface area contributed by atoms with E-state index in [9.17, 15) is 4.79 Å². The third-order valence-electron chi connectivity index (χ3n) is 3.67. The fourth-order valence-electron chi connectivity index (χ4n) is 2.50. The molecule has 1 amide bonds. The number of nitrogens with one attached hydrogen (secondary N) is 1. The summed E-state index contributed by atoms with van der Waals surface area (Å²) in [5, 5.41) is 2.99. The number of amides is 1. The summed E-state index contributed by atoms with van der Waals surface area (Å²) in [7, 11) is 0. The molecule has 0 bridgehead atoms. The van der Waals surface area contributed by atoms with E-state index in [4.69, 9.17) is 4.74 Å². The topological polar surface area (TPSA) is 38.3 Å². The van der Waals surface area contributed by atoms with E-state index >= 15 is 0 Å². The number of ether oxygens (including phenoxy) is 1. The molecule has 2 aliphatic rings. The summed E-state index contributed by atoms with van der Waals surface area (Å²) in [5.41, 5.74) is 1.78. The van der Waals surface area contributed by atoms with Crippen molar-refractivity contribution in [3.8, 4) is 5.75 Å². The second kappa shape index (κ2) is 2.54. The molecule has 2 heterocycles. The molecule has 0 fully saturated rings. The van der Waals surface area contributed by atoms with Crippen LogP contribution in [0.2, 0.25) is 0 Å². The maximum absolute atomic E-state index is 11.8. The third kappa shape index (κ3) is 0.928. The molecule has 0 aliphatic carbocycles. The van der Waals surface area contributed by atoms with E-state index in [-0.39, 0.29) is 17.4 Å². The van der Waals surface area contributed by atoms with Crippen LogP contribution < -0.4 is 10.1 Å². The van der Waals surface area contributed by atoms with E-state index in [0.717, 1.165) is 16.9 Å². The van der Waals surface area contributed by atoms with Crippen molar-refractivity contribution in [1.82, 2.24) is 5.32 Å². The first-order valence-electron chi connectivity index (χ1n) is 5.20. The van der Waals surface area contributed by atoms with Gasteiger partial charge >= 0.3 is 0 Å². The lowest BCUT2D eigenvalue weighted by Crippen LogP contribution is -2.52. The van der Waals surface area contributed by atoms with Crippen LogP contribution in [0.3, 0.4) is 0 Å². The van der Waals surface area contributed by atoms with Gasteiger partial charge in [-0.1, -0.05) is 13.0 Å². The SMILES string of the molecule is C[C@@H]1NC(=O)c2cccc3c2[C@@]1(C)CO3. The number of hydrogen-bond acceptors (Lipinski definition) is 2. The lowest BCUT2D eigenvalue weighted by atomic mass is 9.73. The standard InChI is InChI=1S/C12H13NO2/c1-7-12(2)6-15-9-5-3-4-8(10(9)12)11(14)13-7/h3-5,7H,6H2,1-2H3,(H,13,14)/t7-,12-/m0/s1. The van der Waals surface area contributed by atoms with Gasteiger partial charge in [-0.2, -0.15) is 0 Å². The highest BCUT2D eigenvalue weighted by atomic mass is 16.5. The monoisotopic (exact) mass is 203 g/mol. The predicted molar refractivity (Wildman–Crippen MR) is 56.2 cm³/mol. The van der Waals surface area contributed by atoms with Crippen molar-refractivity contribution < 1.29 is 9.53 Å². The van der Waals surface area contributed by atoms with Crippen LogP contribution in [0, 0.1) is 0 Å². The molecule has 2 atom stereocenters. The highest BCUT2D eigenvalue weighted by molar-refractivity contribution is 5.98. The minimum atomic E-state index is -0.0696. The first-order valence-corrected chi connectivity index (χ1v) is 5.20. The van der Waals surface area contributed by atoms with E-state index < -0.39 is 0 Å². The van der Waals surface area contributed by atoms with Crippen LogP contribution in [0.4, 0.5) is 0 Å². The van der Waals surface area contributed by atoms with Gasteiger partial charge in [-0.25, -0.2) is 0 Å². The quantitative estimate of drug-likeness (QED) is 0.693. The Hall–Kier alpha value is -1.51. The van der Waals surface area contributed by atoms with Crippen LogP contribution in [0.1, 0.15) is 29.8 Å². The number of carbonyl (C=O) groups excluding carboxylic acids is 1. The molecule has 0 unspecified atom stereocenters. The van der Waals surface area contributed by atoms with Crippen molar-refractivity contribution in [2.45, 2.75) is 25.3 Å². The molecule has 0 radical (unpaired) electrons. The number of rotatable bonds is 0. The summed E-state index contributed by atoms with van der Waals surface area (Å²) in [5.74, 6) is 0.888. The molecular formula is C12H13NO2. The summed E-state index contributed by atoms with van der Waals surface area (Å²) < 4.78 is 5.65. The van der Waals surface area contributed by atoms with Gasteiger partial charge in [0, 0.05) is 17.2 Å². The van der Waals surface area contributed by atoms with E-state index in [1.807, 2.05) is 25.1 Å². The minimum Gasteiger partial charge on any atom is -0.492 e. The van der Waals surface area contributed by atoms with Crippen LogP contribution in [0.25, 0.3) is 0 Å². The Morgan fingerprint density at radius 3 is 3.13 bits per heavy atom. The summed E-state index contributed by atoms with van der Waals surface area (Å²) in [6.45, 7) is 4.83. The maximum atomic E-state index is 11.8. The molecule has 3 rings (SSSR count). The lowest BCUT2D eigenvalue weighted by molar-refractivity contribution is 0.0891. The van der Waals surface area contributed by atoms with Crippen LogP contribution >= 0.6 is 0 Å². The zero-order chi connectivity index (χ0) is 10.6. The lowest BCUT2D eigenvalue weighted by Gasteiger charge is -2.36. The van der Waals surface area contributed by atoms with Gasteiger partial charge in [-0.05, 0) is 19.1 Å². The molecule has 1 aromatic carbocycles. The Morgan fingerprint density at radius 2 is 2.33 bits per heavy atom. The highest BCUT2D eigenvalue weighted by Gasteiger charge is 2.47. The molecule has 0 aromatic heterocycles. The Labute approximate surface area is 88.4 Å². The van der Waals surface area contributed by atoms with Crippen molar-refractivity contribution in [3.63, 3.8) is 0 Å². The van der Waals surface area contributed by atoms with E-state index in [2.05, 4.69) is 12.2 Å². The van der Waals surface area contributed by atoms with E-state index in [0.29, 0.717) is 6.61 Å². The summed E-state index contributed by atoms with van der Waals surface area (Å²) in [4.78, 5) is 11.8. The molecule has 0 saturated heterocycles. The van der Waals surface area contributed by atoms with E-state index in [1.165, 1.54) is 0 Å². The molecule has 1 N–H and O–H groups in total. The predicted octanol–water partition coefficient (Wildman–Crippen LogP) is 1.47. The molecule has 3 nitrogen and oxygen atoms in total. The Bertz CT molecular complexity index is 455. The van der Waals surface area contributed by atoms with Gasteiger partial charge in [0.2, 0.25) is 0 Å². The highest BCUT2D eigenvalue weighted by Crippen LogP contribution is 2.44. The zero-order valence-corrected chi connectivity index (χ0v) is 8.83. The van der Waals surface area contributed by atoms with Gasteiger partial charge in [0.05, 0.1) is 12.0 Å². The van der Waals surface area contributed by atoms with Gasteiger partial charge in [-0.3, -0.25) is 4.79 Å². The summed E-state index contributed by atoms with van der Waals surface area (Å²) in [6.07, 6.45) is 0. The number of benzene rings is 1.